The van der Waals surface area contributed by atoms with Crippen LogP contribution in [0.1, 0.15) is 16.1 Å². The predicted octanol–water partition coefficient (Wildman–Crippen LogP) is 1.69. The molecular weight excluding hydrogens is 268 g/mol. The molecule has 2 rings (SSSR count). The average molecular weight is 282 g/mol. The van der Waals surface area contributed by atoms with Gasteiger partial charge < -0.3 is 15.2 Å². The number of nitrogens with zero attached hydrogens (tertiary/aromatic N) is 1. The van der Waals surface area contributed by atoms with Crippen molar-refractivity contribution in [1.82, 2.24) is 4.98 Å². The number of aliphatic hydroxyl groups is 1. The van der Waals surface area contributed by atoms with E-state index in [-0.39, 0.29) is 12.5 Å². The van der Waals surface area contributed by atoms with Crippen molar-refractivity contribution in [1.29, 1.82) is 0 Å². The third-order valence-corrected chi connectivity index (χ3v) is 2.66. The van der Waals surface area contributed by atoms with E-state index in [0.29, 0.717) is 16.9 Å². The number of pyridine rings is 1. The van der Waals surface area contributed by atoms with Crippen LogP contribution in [0.15, 0.2) is 42.6 Å². The molecule has 21 heavy (non-hydrogen) atoms. The van der Waals surface area contributed by atoms with Gasteiger partial charge in [-0.3, -0.25) is 4.79 Å². The summed E-state index contributed by atoms with van der Waals surface area (Å²) in [4.78, 5) is 16.1. The molecule has 0 aliphatic rings. The number of hydrogen-bond donors (Lipinski definition) is 2. The van der Waals surface area contributed by atoms with Crippen LogP contribution in [0.25, 0.3) is 0 Å². The molecule has 0 radical (unpaired) electrons. The van der Waals surface area contributed by atoms with E-state index in [9.17, 15) is 4.79 Å². The summed E-state index contributed by atoms with van der Waals surface area (Å²) in [5.74, 6) is 5.65. The van der Waals surface area contributed by atoms with Gasteiger partial charge in [-0.1, -0.05) is 11.8 Å². The highest BCUT2D eigenvalue weighted by Crippen LogP contribution is 2.15. The second-order valence-corrected chi connectivity index (χ2v) is 4.07. The number of amides is 1. The highest BCUT2D eigenvalue weighted by Gasteiger charge is 2.07. The number of ether oxygens (including phenoxy) is 1. The summed E-state index contributed by atoms with van der Waals surface area (Å²) in [6.45, 7) is -0.209. The zero-order valence-corrected chi connectivity index (χ0v) is 11.5. The Morgan fingerprint density at radius 3 is 2.62 bits per heavy atom. The third kappa shape index (κ3) is 4.06. The van der Waals surface area contributed by atoms with E-state index in [1.165, 1.54) is 6.20 Å². The Labute approximate surface area is 122 Å². The van der Waals surface area contributed by atoms with Crippen molar-refractivity contribution in [2.24, 2.45) is 0 Å². The Morgan fingerprint density at radius 2 is 2.05 bits per heavy atom. The fraction of sp³-hybridized carbons (Fsp3) is 0.125. The van der Waals surface area contributed by atoms with E-state index in [1.54, 1.807) is 43.5 Å². The number of anilines is 1. The van der Waals surface area contributed by atoms with E-state index in [0.717, 1.165) is 5.75 Å². The molecule has 0 saturated carbocycles. The molecule has 0 spiro atoms. The maximum Gasteiger partial charge on any atom is 0.274 e. The molecule has 1 aromatic carbocycles. The van der Waals surface area contributed by atoms with Crippen molar-refractivity contribution in [2.75, 3.05) is 19.0 Å². The molecule has 2 aromatic rings. The van der Waals surface area contributed by atoms with E-state index < -0.39 is 0 Å². The summed E-state index contributed by atoms with van der Waals surface area (Å²) in [6.07, 6.45) is 1.49. The monoisotopic (exact) mass is 282 g/mol. The van der Waals surface area contributed by atoms with Gasteiger partial charge >= 0.3 is 0 Å². The summed E-state index contributed by atoms with van der Waals surface area (Å²) in [5.41, 5.74) is 1.59. The lowest BCUT2D eigenvalue weighted by atomic mass is 10.2. The van der Waals surface area contributed by atoms with Gasteiger partial charge in [-0.15, -0.1) is 0 Å². The normalized spacial score (nSPS) is 9.43. The topological polar surface area (TPSA) is 71.5 Å². The van der Waals surface area contributed by atoms with Gasteiger partial charge in [0.1, 0.15) is 18.1 Å². The van der Waals surface area contributed by atoms with Gasteiger partial charge in [-0.05, 0) is 36.4 Å². The molecule has 106 valence electrons. The molecule has 0 aliphatic heterocycles. The van der Waals surface area contributed by atoms with Crippen molar-refractivity contribution in [3.05, 3.63) is 53.9 Å². The molecule has 0 unspecified atom stereocenters. The SMILES string of the molecule is COc1ccc(NC(=O)c2ccc(C#CCO)cn2)cc1. The van der Waals surface area contributed by atoms with Crippen molar-refractivity contribution >= 4 is 11.6 Å². The first-order chi connectivity index (χ1) is 10.2. The van der Waals surface area contributed by atoms with Gasteiger partial charge in [-0.2, -0.15) is 0 Å². The number of carbonyl (C=O) groups excluding carboxylic acids is 1. The quantitative estimate of drug-likeness (QED) is 0.840. The molecular formula is C16H14N2O3. The van der Waals surface area contributed by atoms with Crippen molar-refractivity contribution in [2.45, 2.75) is 0 Å². The first-order valence-corrected chi connectivity index (χ1v) is 6.24. The smallest absolute Gasteiger partial charge is 0.274 e. The van der Waals surface area contributed by atoms with Crippen LogP contribution in [-0.4, -0.2) is 29.7 Å². The fourth-order valence-corrected chi connectivity index (χ4v) is 1.61. The minimum absolute atomic E-state index is 0.209. The van der Waals surface area contributed by atoms with Gasteiger partial charge in [0, 0.05) is 17.4 Å². The number of hydrogen-bond acceptors (Lipinski definition) is 4. The third-order valence-electron chi connectivity index (χ3n) is 2.66. The van der Waals surface area contributed by atoms with E-state index >= 15 is 0 Å². The van der Waals surface area contributed by atoms with Crippen LogP contribution < -0.4 is 10.1 Å². The standard InChI is InChI=1S/C16H14N2O3/c1-21-14-7-5-13(6-8-14)18-16(20)15-9-4-12(11-17-15)3-2-10-19/h4-9,11,19H,10H2,1H3,(H,18,20). The number of nitrogens with one attached hydrogen (secondary N) is 1. The molecule has 0 fully saturated rings. The second-order valence-electron chi connectivity index (χ2n) is 4.07. The van der Waals surface area contributed by atoms with Crippen LogP contribution in [0, 0.1) is 11.8 Å². The molecule has 5 heteroatoms. The summed E-state index contributed by atoms with van der Waals surface area (Å²) in [7, 11) is 1.58. The number of carbonyl (C=O) groups is 1. The molecule has 1 heterocycles. The summed E-state index contributed by atoms with van der Waals surface area (Å²) in [6, 6.07) is 10.3. The van der Waals surface area contributed by atoms with Gasteiger partial charge in [0.05, 0.1) is 7.11 Å². The molecule has 5 nitrogen and oxygen atoms in total. The number of aromatic nitrogens is 1. The highest BCUT2D eigenvalue weighted by atomic mass is 16.5. The predicted molar refractivity (Wildman–Crippen MR) is 79.1 cm³/mol. The first kappa shape index (κ1) is 14.6. The molecule has 1 amide bonds. The Kier molecular flexibility index (Phi) is 4.91. The lowest BCUT2D eigenvalue weighted by Crippen LogP contribution is -2.13. The molecule has 0 bridgehead atoms. The molecule has 2 N–H and O–H groups in total. The summed E-state index contributed by atoms with van der Waals surface area (Å²) >= 11 is 0. The number of aliphatic hydroxyl groups excluding tert-OH is 1. The van der Waals surface area contributed by atoms with Crippen LogP contribution in [0.4, 0.5) is 5.69 Å². The molecule has 0 saturated heterocycles. The Morgan fingerprint density at radius 1 is 1.29 bits per heavy atom. The number of rotatable bonds is 3. The van der Waals surface area contributed by atoms with E-state index in [1.807, 2.05) is 0 Å². The van der Waals surface area contributed by atoms with Crippen molar-refractivity contribution in [3.63, 3.8) is 0 Å². The van der Waals surface area contributed by atoms with Gasteiger partial charge in [0.15, 0.2) is 0 Å². The fourth-order valence-electron chi connectivity index (χ4n) is 1.61. The van der Waals surface area contributed by atoms with Crippen LogP contribution in [0.2, 0.25) is 0 Å². The average Bonchev–Trinajstić information content (AvgIpc) is 2.54. The van der Waals surface area contributed by atoms with Gasteiger partial charge in [0.25, 0.3) is 5.91 Å². The maximum absolute atomic E-state index is 12.0. The minimum atomic E-state index is -0.304. The Bertz CT molecular complexity index is 667. The van der Waals surface area contributed by atoms with Gasteiger partial charge in [0.2, 0.25) is 0 Å². The highest BCUT2D eigenvalue weighted by molar-refractivity contribution is 6.02. The van der Waals surface area contributed by atoms with Crippen LogP contribution in [0.5, 0.6) is 5.75 Å². The van der Waals surface area contributed by atoms with Crippen molar-refractivity contribution < 1.29 is 14.6 Å². The van der Waals surface area contributed by atoms with Crippen molar-refractivity contribution in [3.8, 4) is 17.6 Å². The second kappa shape index (κ2) is 7.08. The van der Waals surface area contributed by atoms with E-state index in [4.69, 9.17) is 9.84 Å². The molecule has 0 atom stereocenters. The molecule has 1 aromatic heterocycles. The maximum atomic E-state index is 12.0. The lowest BCUT2D eigenvalue weighted by Gasteiger charge is -2.05. The number of methoxy groups -OCH3 is 1. The van der Waals surface area contributed by atoms with E-state index in [2.05, 4.69) is 22.1 Å². The Balaban J connectivity index is 2.05. The van der Waals surface area contributed by atoms with Crippen LogP contribution >= 0.6 is 0 Å². The zero-order valence-electron chi connectivity index (χ0n) is 11.5. The zero-order chi connectivity index (χ0) is 15.1. The Hall–Kier alpha value is -2.84. The van der Waals surface area contributed by atoms with Gasteiger partial charge in [-0.25, -0.2) is 4.98 Å². The molecule has 0 aliphatic carbocycles. The van der Waals surface area contributed by atoms with Crippen LogP contribution in [-0.2, 0) is 0 Å². The lowest BCUT2D eigenvalue weighted by molar-refractivity contribution is 0.102. The largest absolute Gasteiger partial charge is 0.497 e. The first-order valence-electron chi connectivity index (χ1n) is 6.24. The summed E-state index contributed by atoms with van der Waals surface area (Å²) < 4.78 is 5.05. The van der Waals surface area contributed by atoms with Crippen LogP contribution in [0.3, 0.4) is 0 Å². The number of benzene rings is 1. The minimum Gasteiger partial charge on any atom is -0.497 e. The summed E-state index contributed by atoms with van der Waals surface area (Å²) in [5, 5.41) is 11.3.